The Balaban J connectivity index is 2.26. The first-order chi connectivity index (χ1) is 14.4. The Bertz CT molecular complexity index is 1030. The Morgan fingerprint density at radius 3 is 2.10 bits per heavy atom. The molecule has 1 atom stereocenters. The van der Waals surface area contributed by atoms with Crippen molar-refractivity contribution < 1.29 is 40.6 Å². The Morgan fingerprint density at radius 2 is 1.61 bits per heavy atom. The van der Waals surface area contributed by atoms with Gasteiger partial charge in [0.15, 0.2) is 11.5 Å². The van der Waals surface area contributed by atoms with Crippen LogP contribution in [0.5, 0.6) is 17.2 Å². The van der Waals surface area contributed by atoms with Crippen LogP contribution in [0.25, 0.3) is 0 Å². The number of hydrogen-bond donors (Lipinski definition) is 1. The molecule has 0 aliphatic heterocycles. The van der Waals surface area contributed by atoms with Crippen molar-refractivity contribution in [2.24, 2.45) is 0 Å². The molecule has 2 aromatic rings. The molecule has 12 heteroatoms. The monoisotopic (exact) mass is 462 g/mol. The van der Waals surface area contributed by atoms with Crippen LogP contribution in [0.1, 0.15) is 6.92 Å². The largest absolute Gasteiger partial charge is 0.573 e. The highest BCUT2D eigenvalue weighted by Gasteiger charge is 2.32. The first kappa shape index (κ1) is 24.1. The fraction of sp³-hybridized carbons (Fsp3) is 0.316. The summed E-state index contributed by atoms with van der Waals surface area (Å²) in [7, 11) is -1.09. The van der Waals surface area contributed by atoms with Crippen molar-refractivity contribution >= 4 is 27.3 Å². The minimum Gasteiger partial charge on any atom is -0.493 e. The Kier molecular flexibility index (Phi) is 7.26. The van der Waals surface area contributed by atoms with E-state index in [-0.39, 0.29) is 17.1 Å². The molecule has 170 valence electrons. The van der Waals surface area contributed by atoms with Crippen molar-refractivity contribution in [1.29, 1.82) is 0 Å². The lowest BCUT2D eigenvalue weighted by Gasteiger charge is -2.28. The number of methoxy groups -OCH3 is 2. The number of nitrogens with one attached hydrogen (secondary N) is 1. The average molecular weight is 462 g/mol. The minimum atomic E-state index is -4.84. The zero-order valence-corrected chi connectivity index (χ0v) is 17.9. The van der Waals surface area contributed by atoms with Gasteiger partial charge in [0.05, 0.1) is 26.2 Å². The van der Waals surface area contributed by atoms with Crippen molar-refractivity contribution in [2.45, 2.75) is 19.3 Å². The van der Waals surface area contributed by atoms with Gasteiger partial charge in [-0.2, -0.15) is 0 Å². The van der Waals surface area contributed by atoms with Crippen LogP contribution in [0.15, 0.2) is 42.5 Å². The van der Waals surface area contributed by atoms with Crippen LogP contribution in [0, 0.1) is 0 Å². The third-order valence-corrected chi connectivity index (χ3v) is 5.31. The smallest absolute Gasteiger partial charge is 0.493 e. The van der Waals surface area contributed by atoms with E-state index < -0.39 is 34.1 Å². The molecule has 2 rings (SSSR count). The lowest BCUT2D eigenvalue weighted by Crippen LogP contribution is -2.45. The lowest BCUT2D eigenvalue weighted by molar-refractivity contribution is -0.274. The quantitative estimate of drug-likeness (QED) is 0.646. The SMILES string of the molecule is COc1ccc(N([C@H](C)C(=O)Nc2ccc(OC(F)(F)F)cc2)S(C)(=O)=O)cc1OC. The Labute approximate surface area is 177 Å². The molecule has 0 saturated heterocycles. The summed E-state index contributed by atoms with van der Waals surface area (Å²) < 4.78 is 76.6. The molecule has 31 heavy (non-hydrogen) atoms. The third kappa shape index (κ3) is 6.41. The standard InChI is InChI=1S/C19H21F3N2O6S/c1-12(18(25)23-13-5-8-15(9-6-13)30-19(20,21)22)24(31(4,26)27)14-7-10-16(28-2)17(11-14)29-3/h5-12H,1-4H3,(H,23,25)/t12-/m1/s1. The van der Waals surface area contributed by atoms with Crippen LogP contribution in [0.3, 0.4) is 0 Å². The molecule has 0 aliphatic rings. The van der Waals surface area contributed by atoms with Gasteiger partial charge in [0, 0.05) is 11.8 Å². The number of anilines is 2. The summed E-state index contributed by atoms with van der Waals surface area (Å²) in [4.78, 5) is 12.7. The maximum absolute atomic E-state index is 12.7. The third-order valence-electron chi connectivity index (χ3n) is 4.07. The lowest BCUT2D eigenvalue weighted by atomic mass is 10.2. The molecule has 0 radical (unpaired) electrons. The van der Waals surface area contributed by atoms with E-state index in [0.717, 1.165) is 22.7 Å². The number of carbonyl (C=O) groups is 1. The van der Waals surface area contributed by atoms with Crippen LogP contribution in [0.2, 0.25) is 0 Å². The highest BCUT2D eigenvalue weighted by Crippen LogP contribution is 2.33. The summed E-state index contributed by atoms with van der Waals surface area (Å²) >= 11 is 0. The van der Waals surface area contributed by atoms with E-state index >= 15 is 0 Å². The van der Waals surface area contributed by atoms with Crippen LogP contribution in [-0.2, 0) is 14.8 Å². The summed E-state index contributed by atoms with van der Waals surface area (Å²) in [6.07, 6.45) is -3.90. The molecule has 1 amide bonds. The molecule has 8 nitrogen and oxygen atoms in total. The van der Waals surface area contributed by atoms with Crippen molar-refractivity contribution in [3.63, 3.8) is 0 Å². The number of ether oxygens (including phenoxy) is 3. The number of hydrogen-bond acceptors (Lipinski definition) is 6. The van der Waals surface area contributed by atoms with E-state index in [0.29, 0.717) is 5.75 Å². The number of halogens is 3. The molecule has 0 bridgehead atoms. The van der Waals surface area contributed by atoms with Crippen molar-refractivity contribution in [2.75, 3.05) is 30.1 Å². The number of sulfonamides is 1. The first-order valence-corrected chi connectivity index (χ1v) is 10.6. The predicted molar refractivity (Wildman–Crippen MR) is 108 cm³/mol. The van der Waals surface area contributed by atoms with E-state index in [9.17, 15) is 26.4 Å². The number of nitrogens with zero attached hydrogens (tertiary/aromatic N) is 1. The molecule has 0 aromatic heterocycles. The van der Waals surface area contributed by atoms with Crippen LogP contribution >= 0.6 is 0 Å². The summed E-state index contributed by atoms with van der Waals surface area (Å²) in [6.45, 7) is 1.37. The molecule has 2 aromatic carbocycles. The maximum Gasteiger partial charge on any atom is 0.573 e. The van der Waals surface area contributed by atoms with Crippen molar-refractivity contribution in [3.8, 4) is 17.2 Å². The van der Waals surface area contributed by atoms with Crippen molar-refractivity contribution in [1.82, 2.24) is 0 Å². The second-order valence-electron chi connectivity index (χ2n) is 6.34. The normalized spacial score (nSPS) is 12.6. The highest BCUT2D eigenvalue weighted by atomic mass is 32.2. The van der Waals surface area contributed by atoms with E-state index in [1.54, 1.807) is 0 Å². The maximum atomic E-state index is 12.7. The van der Waals surface area contributed by atoms with Crippen LogP contribution < -0.4 is 23.8 Å². The molecule has 0 saturated carbocycles. The Morgan fingerprint density at radius 1 is 1.03 bits per heavy atom. The van der Waals surface area contributed by atoms with Gasteiger partial charge in [-0.3, -0.25) is 9.10 Å². The summed E-state index contributed by atoms with van der Waals surface area (Å²) in [6, 6.07) is 7.62. The molecule has 1 N–H and O–H groups in total. The predicted octanol–water partition coefficient (Wildman–Crippen LogP) is 3.40. The van der Waals surface area contributed by atoms with E-state index in [1.807, 2.05) is 0 Å². The van der Waals surface area contributed by atoms with Gasteiger partial charge in [-0.25, -0.2) is 8.42 Å². The van der Waals surface area contributed by atoms with Gasteiger partial charge >= 0.3 is 6.36 Å². The van der Waals surface area contributed by atoms with Gasteiger partial charge in [-0.15, -0.1) is 13.2 Å². The summed E-state index contributed by atoms with van der Waals surface area (Å²) in [5.41, 5.74) is 0.323. The second-order valence-corrected chi connectivity index (χ2v) is 8.19. The van der Waals surface area contributed by atoms with E-state index in [1.165, 1.54) is 51.5 Å². The van der Waals surface area contributed by atoms with Gasteiger partial charge in [0.25, 0.3) is 0 Å². The molecular formula is C19H21F3N2O6S. The fourth-order valence-corrected chi connectivity index (χ4v) is 3.92. The minimum absolute atomic E-state index is 0.159. The fourth-order valence-electron chi connectivity index (χ4n) is 2.76. The first-order valence-electron chi connectivity index (χ1n) is 8.74. The second kappa shape index (κ2) is 9.33. The molecule has 0 fully saturated rings. The highest BCUT2D eigenvalue weighted by molar-refractivity contribution is 7.92. The zero-order valence-electron chi connectivity index (χ0n) is 17.1. The number of rotatable bonds is 8. The van der Waals surface area contributed by atoms with Gasteiger partial charge in [0.1, 0.15) is 11.8 Å². The topological polar surface area (TPSA) is 94.2 Å². The molecule has 0 aliphatic carbocycles. The zero-order chi connectivity index (χ0) is 23.4. The summed E-state index contributed by atoms with van der Waals surface area (Å²) in [5.74, 6) is -0.522. The molecule has 0 heterocycles. The molecule has 0 unspecified atom stereocenters. The molecule has 0 spiro atoms. The number of amides is 1. The van der Waals surface area contributed by atoms with E-state index in [2.05, 4.69) is 10.1 Å². The molecular weight excluding hydrogens is 441 g/mol. The number of carbonyl (C=O) groups excluding carboxylic acids is 1. The number of alkyl halides is 3. The van der Waals surface area contributed by atoms with Crippen LogP contribution in [0.4, 0.5) is 24.5 Å². The van der Waals surface area contributed by atoms with Gasteiger partial charge in [-0.1, -0.05) is 0 Å². The van der Waals surface area contributed by atoms with Crippen molar-refractivity contribution in [3.05, 3.63) is 42.5 Å². The number of benzene rings is 2. The average Bonchev–Trinajstić information content (AvgIpc) is 2.67. The Hall–Kier alpha value is -3.15. The van der Waals surface area contributed by atoms with Gasteiger partial charge in [-0.05, 0) is 43.3 Å². The van der Waals surface area contributed by atoms with E-state index in [4.69, 9.17) is 9.47 Å². The van der Waals surface area contributed by atoms with Gasteiger partial charge < -0.3 is 19.5 Å². The van der Waals surface area contributed by atoms with Crippen LogP contribution in [-0.4, -0.2) is 47.2 Å². The van der Waals surface area contributed by atoms with Gasteiger partial charge in [0.2, 0.25) is 15.9 Å². The summed E-state index contributed by atoms with van der Waals surface area (Å²) in [5, 5.41) is 2.47.